The lowest BCUT2D eigenvalue weighted by molar-refractivity contribution is -0.136. The summed E-state index contributed by atoms with van der Waals surface area (Å²) in [7, 11) is 0. The molecule has 1 fully saturated rings. The van der Waals surface area contributed by atoms with E-state index in [9.17, 15) is 14.9 Å². The van der Waals surface area contributed by atoms with Crippen molar-refractivity contribution in [3.05, 3.63) is 90.2 Å². The Hall–Kier alpha value is -5.10. The van der Waals surface area contributed by atoms with E-state index in [0.717, 1.165) is 46.3 Å². The Kier molecular flexibility index (Phi) is 8.60. The molecule has 1 saturated heterocycles. The predicted octanol–water partition coefficient (Wildman–Crippen LogP) is 4.94. The molecule has 0 radical (unpaired) electrons. The van der Waals surface area contributed by atoms with E-state index in [1.807, 2.05) is 92.0 Å². The molecule has 208 valence electrons. The molecule has 9 heteroatoms. The van der Waals surface area contributed by atoms with Crippen LogP contribution in [0.3, 0.4) is 0 Å². The maximum Gasteiger partial charge on any atom is 0.247 e. The van der Waals surface area contributed by atoms with E-state index in [-0.39, 0.29) is 24.3 Å². The van der Waals surface area contributed by atoms with Crippen LogP contribution >= 0.6 is 0 Å². The van der Waals surface area contributed by atoms with Crippen LogP contribution < -0.4 is 16.0 Å². The number of hydrogen-bond donors (Lipinski definition) is 3. The van der Waals surface area contributed by atoms with Gasteiger partial charge in [-0.05, 0) is 67.1 Å². The third-order valence-electron chi connectivity index (χ3n) is 7.03. The zero-order valence-corrected chi connectivity index (χ0v) is 22.9. The summed E-state index contributed by atoms with van der Waals surface area (Å²) in [6.07, 6.45) is 3.97. The second-order valence-corrected chi connectivity index (χ2v) is 10.0. The van der Waals surface area contributed by atoms with E-state index < -0.39 is 6.04 Å². The molecule has 41 heavy (non-hydrogen) atoms. The summed E-state index contributed by atoms with van der Waals surface area (Å²) in [5.74, 6) is 0.509. The van der Waals surface area contributed by atoms with Crippen LogP contribution in [0.1, 0.15) is 30.6 Å². The molecule has 5 rings (SSSR count). The van der Waals surface area contributed by atoms with Gasteiger partial charge in [0, 0.05) is 24.2 Å². The third kappa shape index (κ3) is 6.92. The largest absolute Gasteiger partial charge is 0.461 e. The molecule has 1 aromatic heterocycles. The zero-order valence-electron chi connectivity index (χ0n) is 22.9. The number of guanidine groups is 1. The highest BCUT2D eigenvalue weighted by Gasteiger charge is 2.28. The van der Waals surface area contributed by atoms with Crippen LogP contribution in [-0.2, 0) is 16.1 Å². The smallest absolute Gasteiger partial charge is 0.247 e. The van der Waals surface area contributed by atoms with E-state index in [0.29, 0.717) is 25.2 Å². The second kappa shape index (κ2) is 12.8. The second-order valence-electron chi connectivity index (χ2n) is 10.0. The van der Waals surface area contributed by atoms with Crippen molar-refractivity contribution in [1.29, 1.82) is 5.26 Å². The number of fused-ring (bicyclic) bond motifs is 1. The number of benzene rings is 3. The van der Waals surface area contributed by atoms with Crippen LogP contribution in [0.4, 0.5) is 5.69 Å². The molecule has 9 nitrogen and oxygen atoms in total. The van der Waals surface area contributed by atoms with Gasteiger partial charge in [-0.1, -0.05) is 54.6 Å². The van der Waals surface area contributed by atoms with E-state index >= 15 is 0 Å². The molecule has 1 unspecified atom stereocenters. The summed E-state index contributed by atoms with van der Waals surface area (Å²) in [5.41, 5.74) is 4.60. The average Bonchev–Trinajstić information content (AvgIpc) is 3.27. The molecule has 1 aliphatic heterocycles. The fraction of sp³-hybridized carbons (Fsp3) is 0.250. The molecule has 0 bridgehead atoms. The minimum Gasteiger partial charge on any atom is -0.461 e. The van der Waals surface area contributed by atoms with Crippen LogP contribution in [0.25, 0.3) is 22.1 Å². The van der Waals surface area contributed by atoms with Gasteiger partial charge in [0.05, 0.1) is 6.54 Å². The van der Waals surface area contributed by atoms with Crippen LogP contribution in [0.15, 0.2) is 88.3 Å². The normalized spacial score (nSPS) is 15.7. The van der Waals surface area contributed by atoms with Gasteiger partial charge in [0.1, 0.15) is 17.4 Å². The van der Waals surface area contributed by atoms with Gasteiger partial charge in [-0.3, -0.25) is 14.9 Å². The van der Waals surface area contributed by atoms with Gasteiger partial charge >= 0.3 is 0 Å². The van der Waals surface area contributed by atoms with Gasteiger partial charge in [0.25, 0.3) is 0 Å². The summed E-state index contributed by atoms with van der Waals surface area (Å²) in [5, 5.41) is 18.9. The van der Waals surface area contributed by atoms with Crippen molar-refractivity contribution in [1.82, 2.24) is 15.5 Å². The molecule has 4 aromatic rings. The minimum absolute atomic E-state index is 0.0523. The Morgan fingerprint density at radius 2 is 1.88 bits per heavy atom. The monoisotopic (exact) mass is 548 g/mol. The number of likely N-dealkylation sites (tertiary alicyclic amines) is 1. The maximum absolute atomic E-state index is 13.5. The number of aliphatic imine (C=N–C) groups is 1. The summed E-state index contributed by atoms with van der Waals surface area (Å²) in [4.78, 5) is 32.5. The van der Waals surface area contributed by atoms with Gasteiger partial charge in [-0.25, -0.2) is 4.99 Å². The fourth-order valence-electron chi connectivity index (χ4n) is 5.05. The topological polar surface area (TPSA) is 123 Å². The molecule has 0 aliphatic carbocycles. The summed E-state index contributed by atoms with van der Waals surface area (Å²) < 4.78 is 5.63. The zero-order chi connectivity index (χ0) is 28.6. The lowest BCUT2D eigenvalue weighted by atomic mass is 10.00. The number of rotatable bonds is 7. The number of amides is 2. The number of carbonyl (C=O) groups is 2. The van der Waals surface area contributed by atoms with Gasteiger partial charge in [0.2, 0.25) is 17.8 Å². The standard InChI is InChI=1S/C32H32N6O3/c1-22-17-25-18-26(14-15-29(25)41-22)36-32(35-21-33)37-28-13-7-8-16-38(31(28)40)20-30(39)34-19-24-11-5-6-12-27(24)23-9-3-2-4-10-23/h2-6,9-12,14-15,17-18,28H,7-8,13,16,19-20H2,1H3,(H,34,39)(H2,35,36,37). The number of nitriles is 1. The van der Waals surface area contributed by atoms with Gasteiger partial charge in [-0.15, -0.1) is 0 Å². The van der Waals surface area contributed by atoms with E-state index in [2.05, 4.69) is 20.9 Å². The number of carbonyl (C=O) groups excluding carboxylic acids is 2. The van der Waals surface area contributed by atoms with E-state index in [1.165, 1.54) is 0 Å². The molecule has 0 saturated carbocycles. The number of nitrogens with zero attached hydrogens (tertiary/aromatic N) is 3. The number of anilines is 1. The van der Waals surface area contributed by atoms with Crippen molar-refractivity contribution in [3.63, 3.8) is 0 Å². The lowest BCUT2D eigenvalue weighted by Gasteiger charge is -2.23. The highest BCUT2D eigenvalue weighted by atomic mass is 16.3. The predicted molar refractivity (Wildman–Crippen MR) is 159 cm³/mol. The molecule has 3 aromatic carbocycles. The molecule has 1 aliphatic rings. The van der Waals surface area contributed by atoms with Gasteiger partial charge < -0.3 is 20.0 Å². The highest BCUT2D eigenvalue weighted by Crippen LogP contribution is 2.24. The first-order chi connectivity index (χ1) is 20.0. The van der Waals surface area contributed by atoms with Crippen LogP contribution in [0.5, 0.6) is 0 Å². The molecule has 1 atom stereocenters. The van der Waals surface area contributed by atoms with Crippen LogP contribution in [0.2, 0.25) is 0 Å². The van der Waals surface area contributed by atoms with Crippen molar-refractivity contribution in [3.8, 4) is 17.3 Å². The van der Waals surface area contributed by atoms with E-state index in [1.54, 1.807) is 4.90 Å². The Bertz CT molecular complexity index is 1600. The van der Waals surface area contributed by atoms with Gasteiger partial charge in [-0.2, -0.15) is 5.26 Å². The van der Waals surface area contributed by atoms with E-state index in [4.69, 9.17) is 4.42 Å². The average molecular weight is 549 g/mol. The third-order valence-corrected chi connectivity index (χ3v) is 7.03. The first kappa shape index (κ1) is 27.5. The molecule has 0 spiro atoms. The first-order valence-electron chi connectivity index (χ1n) is 13.7. The fourth-order valence-corrected chi connectivity index (χ4v) is 5.05. The molecule has 2 heterocycles. The number of furan rings is 1. The number of hydrogen-bond acceptors (Lipinski definition) is 5. The first-order valence-corrected chi connectivity index (χ1v) is 13.7. The summed E-state index contributed by atoms with van der Waals surface area (Å²) >= 11 is 0. The number of nitrogens with one attached hydrogen (secondary N) is 3. The number of aryl methyl sites for hydroxylation is 1. The quantitative estimate of drug-likeness (QED) is 0.130. The van der Waals surface area contributed by atoms with Crippen molar-refractivity contribution in [2.75, 3.05) is 18.4 Å². The Balaban J connectivity index is 1.25. The Morgan fingerprint density at radius 3 is 2.71 bits per heavy atom. The van der Waals surface area contributed by atoms with Crippen molar-refractivity contribution in [2.24, 2.45) is 4.99 Å². The molecule has 2 amide bonds. The summed E-state index contributed by atoms with van der Waals surface area (Å²) in [6.45, 7) is 2.66. The Morgan fingerprint density at radius 1 is 1.07 bits per heavy atom. The van der Waals surface area contributed by atoms with Crippen molar-refractivity contribution < 1.29 is 14.0 Å². The van der Waals surface area contributed by atoms with Crippen molar-refractivity contribution >= 4 is 34.4 Å². The maximum atomic E-state index is 13.5. The molecule has 3 N–H and O–H groups in total. The molecular weight excluding hydrogens is 516 g/mol. The SMILES string of the molecule is Cc1cc2cc(NC(=NC3CCCCN(CC(=O)NCc4ccccc4-c4ccccc4)C3=O)NC#N)ccc2o1. The minimum atomic E-state index is -0.715. The molecular formula is C32H32N6O3. The van der Waals surface area contributed by atoms with Crippen molar-refractivity contribution in [2.45, 2.75) is 38.8 Å². The highest BCUT2D eigenvalue weighted by molar-refractivity contribution is 5.98. The summed E-state index contributed by atoms with van der Waals surface area (Å²) in [6, 6.07) is 24.7. The van der Waals surface area contributed by atoms with Crippen LogP contribution in [0, 0.1) is 18.4 Å². The van der Waals surface area contributed by atoms with Gasteiger partial charge in [0.15, 0.2) is 6.19 Å². The lowest BCUT2D eigenvalue weighted by Crippen LogP contribution is -2.44. The van der Waals surface area contributed by atoms with Crippen LogP contribution in [-0.4, -0.2) is 41.8 Å². The Labute approximate surface area is 238 Å².